The molecule has 2 aromatic rings. The maximum absolute atomic E-state index is 11.9. The quantitative estimate of drug-likeness (QED) is 0.915. The van der Waals surface area contributed by atoms with E-state index in [0.29, 0.717) is 6.54 Å². The second kappa shape index (κ2) is 7.21. The highest BCUT2D eigenvalue weighted by Gasteiger charge is 2.21. The lowest BCUT2D eigenvalue weighted by molar-refractivity contribution is -0.124. The molecule has 0 spiro atoms. The number of aromatic nitrogens is 1. The Kier molecular flexibility index (Phi) is 4.84. The van der Waals surface area contributed by atoms with Crippen LogP contribution in [0.5, 0.6) is 0 Å². The summed E-state index contributed by atoms with van der Waals surface area (Å²) >= 11 is 0. The molecule has 1 aliphatic carbocycles. The van der Waals surface area contributed by atoms with E-state index < -0.39 is 0 Å². The zero-order valence-corrected chi connectivity index (χ0v) is 12.8. The molecule has 1 aromatic carbocycles. The Balaban J connectivity index is 1.50. The summed E-state index contributed by atoms with van der Waals surface area (Å²) in [6.07, 6.45) is 7.24. The van der Waals surface area contributed by atoms with Gasteiger partial charge in [0, 0.05) is 24.2 Å². The number of carbonyl (C=O) groups excluding carboxylic acids is 1. The lowest BCUT2D eigenvalue weighted by Gasteiger charge is -2.10. The van der Waals surface area contributed by atoms with Gasteiger partial charge in [-0.2, -0.15) is 0 Å². The third-order valence-corrected chi connectivity index (χ3v) is 4.33. The molecule has 0 unspecified atom stereocenters. The van der Waals surface area contributed by atoms with Gasteiger partial charge in [-0.15, -0.1) is 0 Å². The van der Waals surface area contributed by atoms with Gasteiger partial charge >= 0.3 is 0 Å². The first kappa shape index (κ1) is 14.8. The molecule has 1 aliphatic rings. The number of benzene rings is 1. The Morgan fingerprint density at radius 1 is 1.09 bits per heavy atom. The summed E-state index contributed by atoms with van der Waals surface area (Å²) in [6, 6.07) is 14.3. The molecule has 0 aliphatic heterocycles. The van der Waals surface area contributed by atoms with Gasteiger partial charge in [0.2, 0.25) is 5.91 Å². The summed E-state index contributed by atoms with van der Waals surface area (Å²) in [5, 5.41) is 3.05. The van der Waals surface area contributed by atoms with E-state index >= 15 is 0 Å². The minimum atomic E-state index is 0.228. The largest absolute Gasteiger partial charge is 0.356 e. The second-order valence-corrected chi connectivity index (χ2v) is 5.94. The Hall–Kier alpha value is -2.16. The topological polar surface area (TPSA) is 42.0 Å². The fraction of sp³-hybridized carbons (Fsp3) is 0.368. The molecule has 1 N–H and O–H groups in total. The molecule has 114 valence electrons. The normalized spacial score (nSPS) is 14.9. The number of nitrogens with one attached hydrogen (secondary N) is 1. The SMILES string of the molecule is O=C(NCCc1ccc(-c2ccccc2)nc1)C1CCCC1. The van der Waals surface area contributed by atoms with E-state index in [-0.39, 0.29) is 11.8 Å². The van der Waals surface area contributed by atoms with Crippen LogP contribution in [-0.4, -0.2) is 17.4 Å². The van der Waals surface area contributed by atoms with E-state index in [4.69, 9.17) is 0 Å². The predicted octanol–water partition coefficient (Wildman–Crippen LogP) is 3.60. The van der Waals surface area contributed by atoms with Crippen molar-refractivity contribution in [3.8, 4) is 11.3 Å². The molecule has 3 heteroatoms. The number of hydrogen-bond donors (Lipinski definition) is 1. The summed E-state index contributed by atoms with van der Waals surface area (Å²) in [5.74, 6) is 0.477. The summed E-state index contributed by atoms with van der Waals surface area (Å²) in [5.41, 5.74) is 3.27. The van der Waals surface area contributed by atoms with Crippen molar-refractivity contribution in [1.29, 1.82) is 0 Å². The molecule has 0 radical (unpaired) electrons. The van der Waals surface area contributed by atoms with Crippen LogP contribution in [0.3, 0.4) is 0 Å². The highest BCUT2D eigenvalue weighted by atomic mass is 16.1. The van der Waals surface area contributed by atoms with Gasteiger partial charge in [-0.1, -0.05) is 49.2 Å². The molecule has 3 rings (SSSR count). The predicted molar refractivity (Wildman–Crippen MR) is 88.3 cm³/mol. The minimum absolute atomic E-state index is 0.228. The van der Waals surface area contributed by atoms with Gasteiger partial charge in [0.05, 0.1) is 5.69 Å². The van der Waals surface area contributed by atoms with Crippen molar-refractivity contribution in [2.45, 2.75) is 32.1 Å². The van der Waals surface area contributed by atoms with Crippen molar-refractivity contribution >= 4 is 5.91 Å². The third-order valence-electron chi connectivity index (χ3n) is 4.33. The molecule has 1 amide bonds. The minimum Gasteiger partial charge on any atom is -0.356 e. The first-order valence-corrected chi connectivity index (χ1v) is 8.11. The van der Waals surface area contributed by atoms with Crippen molar-refractivity contribution in [2.75, 3.05) is 6.54 Å². The molecule has 3 nitrogen and oxygen atoms in total. The van der Waals surface area contributed by atoms with Crippen LogP contribution in [0, 0.1) is 5.92 Å². The van der Waals surface area contributed by atoms with Crippen LogP contribution in [0.2, 0.25) is 0 Å². The molecular weight excluding hydrogens is 272 g/mol. The maximum atomic E-state index is 11.9. The van der Waals surface area contributed by atoms with Crippen LogP contribution in [0.15, 0.2) is 48.7 Å². The van der Waals surface area contributed by atoms with Gasteiger partial charge in [-0.25, -0.2) is 0 Å². The average molecular weight is 294 g/mol. The monoisotopic (exact) mass is 294 g/mol. The molecule has 1 fully saturated rings. The molecule has 1 saturated carbocycles. The zero-order valence-electron chi connectivity index (χ0n) is 12.8. The van der Waals surface area contributed by atoms with Crippen LogP contribution in [-0.2, 0) is 11.2 Å². The highest BCUT2D eigenvalue weighted by molar-refractivity contribution is 5.78. The van der Waals surface area contributed by atoms with Gasteiger partial charge in [0.15, 0.2) is 0 Å². The van der Waals surface area contributed by atoms with E-state index in [1.165, 1.54) is 12.8 Å². The summed E-state index contributed by atoms with van der Waals surface area (Å²) in [6.45, 7) is 0.696. The van der Waals surface area contributed by atoms with E-state index in [0.717, 1.165) is 36.1 Å². The Bertz CT molecular complexity index is 601. The number of nitrogens with zero attached hydrogens (tertiary/aromatic N) is 1. The standard InChI is InChI=1S/C19H22N2O/c22-19(17-8-4-5-9-17)20-13-12-15-10-11-18(21-14-15)16-6-2-1-3-7-16/h1-3,6-7,10-11,14,17H,4-5,8-9,12-13H2,(H,20,22). The van der Waals surface area contributed by atoms with Gasteiger partial charge < -0.3 is 5.32 Å². The fourth-order valence-electron chi connectivity index (χ4n) is 3.01. The molecule has 0 saturated heterocycles. The van der Waals surface area contributed by atoms with Crippen molar-refractivity contribution in [2.24, 2.45) is 5.92 Å². The number of rotatable bonds is 5. The van der Waals surface area contributed by atoms with E-state index in [1.807, 2.05) is 30.5 Å². The smallest absolute Gasteiger partial charge is 0.223 e. The van der Waals surface area contributed by atoms with Gasteiger partial charge in [0.25, 0.3) is 0 Å². The van der Waals surface area contributed by atoms with Crippen LogP contribution in [0.1, 0.15) is 31.2 Å². The third kappa shape index (κ3) is 3.73. The van der Waals surface area contributed by atoms with Crippen molar-refractivity contribution in [1.82, 2.24) is 10.3 Å². The number of pyridine rings is 1. The Morgan fingerprint density at radius 2 is 1.86 bits per heavy atom. The molecule has 0 bridgehead atoms. The lowest BCUT2D eigenvalue weighted by atomic mass is 10.1. The van der Waals surface area contributed by atoms with E-state index in [1.54, 1.807) is 0 Å². The Morgan fingerprint density at radius 3 is 2.55 bits per heavy atom. The van der Waals surface area contributed by atoms with Crippen LogP contribution < -0.4 is 5.32 Å². The summed E-state index contributed by atoms with van der Waals surface area (Å²) in [7, 11) is 0. The summed E-state index contributed by atoms with van der Waals surface area (Å²) < 4.78 is 0. The zero-order chi connectivity index (χ0) is 15.2. The van der Waals surface area contributed by atoms with Gasteiger partial charge in [-0.3, -0.25) is 9.78 Å². The molecule has 0 atom stereocenters. The maximum Gasteiger partial charge on any atom is 0.223 e. The van der Waals surface area contributed by atoms with E-state index in [9.17, 15) is 4.79 Å². The first-order valence-electron chi connectivity index (χ1n) is 8.11. The van der Waals surface area contributed by atoms with Crippen LogP contribution >= 0.6 is 0 Å². The number of hydrogen-bond acceptors (Lipinski definition) is 2. The first-order chi connectivity index (χ1) is 10.8. The molecule has 22 heavy (non-hydrogen) atoms. The average Bonchev–Trinajstić information content (AvgIpc) is 3.11. The molecule has 1 aromatic heterocycles. The van der Waals surface area contributed by atoms with Crippen LogP contribution in [0.4, 0.5) is 0 Å². The highest BCUT2D eigenvalue weighted by Crippen LogP contribution is 2.24. The number of amides is 1. The van der Waals surface area contributed by atoms with Crippen molar-refractivity contribution < 1.29 is 4.79 Å². The van der Waals surface area contributed by atoms with Gasteiger partial charge in [0.1, 0.15) is 0 Å². The lowest BCUT2D eigenvalue weighted by Crippen LogP contribution is -2.30. The van der Waals surface area contributed by atoms with Crippen molar-refractivity contribution in [3.05, 3.63) is 54.2 Å². The Labute approximate surface area is 131 Å². The molecular formula is C19H22N2O. The van der Waals surface area contributed by atoms with Gasteiger partial charge in [-0.05, 0) is 30.9 Å². The summed E-state index contributed by atoms with van der Waals surface area (Å²) in [4.78, 5) is 16.5. The molecule has 1 heterocycles. The fourth-order valence-corrected chi connectivity index (χ4v) is 3.01. The second-order valence-electron chi connectivity index (χ2n) is 5.94. The number of carbonyl (C=O) groups is 1. The van der Waals surface area contributed by atoms with Crippen molar-refractivity contribution in [3.63, 3.8) is 0 Å². The van der Waals surface area contributed by atoms with Crippen LogP contribution in [0.25, 0.3) is 11.3 Å². The van der Waals surface area contributed by atoms with E-state index in [2.05, 4.69) is 28.5 Å².